The number of phenols is 1. The molecule has 0 heterocycles. The van der Waals surface area contributed by atoms with Crippen molar-refractivity contribution in [1.29, 1.82) is 0 Å². The Morgan fingerprint density at radius 1 is 0.619 bits per heavy atom. The first-order chi connectivity index (χ1) is 10.2. The molecule has 3 aromatic carbocycles. The molecule has 3 aromatic rings. The zero-order valence-electron chi connectivity index (χ0n) is 12.0. The number of aromatic hydroxyl groups is 1. The molecule has 0 bridgehead atoms. The lowest BCUT2D eigenvalue weighted by atomic mass is 9.71. The van der Waals surface area contributed by atoms with E-state index < -0.39 is 0 Å². The van der Waals surface area contributed by atoms with Gasteiger partial charge in [0.1, 0.15) is 5.75 Å². The SMILES string of the molecule is CC(c1ccccc1)(c1ccccc1)c1cccc(O)c1. The molecule has 3 rings (SSSR count). The number of phenolic OH excluding ortho intramolecular Hbond substituents is 1. The van der Waals surface area contributed by atoms with E-state index in [2.05, 4.69) is 61.5 Å². The molecule has 0 aliphatic rings. The predicted octanol–water partition coefficient (Wildman–Crippen LogP) is 4.75. The Bertz CT molecular complexity index is 678. The average molecular weight is 274 g/mol. The second-order valence-electron chi connectivity index (χ2n) is 5.41. The summed E-state index contributed by atoms with van der Waals surface area (Å²) in [4.78, 5) is 0. The van der Waals surface area contributed by atoms with E-state index in [0.717, 1.165) is 5.56 Å². The summed E-state index contributed by atoms with van der Waals surface area (Å²) in [5, 5.41) is 9.87. The number of benzene rings is 3. The number of rotatable bonds is 3. The largest absolute Gasteiger partial charge is 0.508 e. The molecular weight excluding hydrogens is 256 g/mol. The van der Waals surface area contributed by atoms with Crippen LogP contribution in [0.3, 0.4) is 0 Å². The summed E-state index contributed by atoms with van der Waals surface area (Å²) in [6.45, 7) is 2.20. The van der Waals surface area contributed by atoms with Crippen molar-refractivity contribution in [1.82, 2.24) is 0 Å². The molecule has 0 radical (unpaired) electrons. The minimum absolute atomic E-state index is 0.290. The Morgan fingerprint density at radius 3 is 1.57 bits per heavy atom. The van der Waals surface area contributed by atoms with Crippen LogP contribution in [-0.2, 0) is 5.41 Å². The summed E-state index contributed by atoms with van der Waals surface area (Å²) in [5.41, 5.74) is 3.21. The molecule has 104 valence electrons. The Balaban J connectivity index is 2.25. The van der Waals surface area contributed by atoms with Gasteiger partial charge < -0.3 is 5.11 Å². The third-order valence-electron chi connectivity index (χ3n) is 4.13. The van der Waals surface area contributed by atoms with Crippen molar-refractivity contribution < 1.29 is 5.11 Å². The lowest BCUT2D eigenvalue weighted by Gasteiger charge is -2.32. The molecule has 0 fully saturated rings. The van der Waals surface area contributed by atoms with Crippen molar-refractivity contribution in [3.8, 4) is 5.75 Å². The molecule has 21 heavy (non-hydrogen) atoms. The fourth-order valence-electron chi connectivity index (χ4n) is 2.86. The fourth-order valence-corrected chi connectivity index (χ4v) is 2.86. The highest BCUT2D eigenvalue weighted by Gasteiger charge is 2.30. The van der Waals surface area contributed by atoms with Crippen molar-refractivity contribution in [3.63, 3.8) is 0 Å². The van der Waals surface area contributed by atoms with Crippen molar-refractivity contribution in [2.75, 3.05) is 0 Å². The average Bonchev–Trinajstić information content (AvgIpc) is 2.56. The first-order valence-electron chi connectivity index (χ1n) is 7.12. The van der Waals surface area contributed by atoms with E-state index in [1.165, 1.54) is 11.1 Å². The Labute approximate surface area is 125 Å². The maximum absolute atomic E-state index is 9.87. The molecule has 0 amide bonds. The molecule has 1 N–H and O–H groups in total. The second-order valence-corrected chi connectivity index (χ2v) is 5.41. The van der Waals surface area contributed by atoms with E-state index in [-0.39, 0.29) is 5.41 Å². The minimum Gasteiger partial charge on any atom is -0.508 e. The summed E-state index contributed by atoms with van der Waals surface area (Å²) < 4.78 is 0. The van der Waals surface area contributed by atoms with Crippen LogP contribution in [0.1, 0.15) is 23.6 Å². The number of hydrogen-bond acceptors (Lipinski definition) is 1. The van der Waals surface area contributed by atoms with Crippen LogP contribution in [0.4, 0.5) is 0 Å². The molecular formula is C20H18O. The van der Waals surface area contributed by atoms with E-state index in [4.69, 9.17) is 0 Å². The van der Waals surface area contributed by atoms with E-state index in [1.807, 2.05) is 24.3 Å². The minimum atomic E-state index is -0.290. The smallest absolute Gasteiger partial charge is 0.115 e. The van der Waals surface area contributed by atoms with Crippen molar-refractivity contribution in [2.45, 2.75) is 12.3 Å². The Kier molecular flexibility index (Phi) is 3.49. The van der Waals surface area contributed by atoms with Gasteiger partial charge in [-0.1, -0.05) is 72.8 Å². The molecule has 0 unspecified atom stereocenters. The molecule has 0 saturated carbocycles. The third kappa shape index (κ3) is 2.43. The van der Waals surface area contributed by atoms with Gasteiger partial charge in [0, 0.05) is 5.41 Å². The zero-order chi connectivity index (χ0) is 14.7. The molecule has 0 aliphatic carbocycles. The molecule has 1 nitrogen and oxygen atoms in total. The third-order valence-corrected chi connectivity index (χ3v) is 4.13. The summed E-state index contributed by atoms with van der Waals surface area (Å²) in [6.07, 6.45) is 0. The van der Waals surface area contributed by atoms with Gasteiger partial charge in [0.2, 0.25) is 0 Å². The highest BCUT2D eigenvalue weighted by atomic mass is 16.3. The van der Waals surface area contributed by atoms with Crippen LogP contribution in [0.5, 0.6) is 5.75 Å². The van der Waals surface area contributed by atoms with Gasteiger partial charge in [0.15, 0.2) is 0 Å². The highest BCUT2D eigenvalue weighted by molar-refractivity contribution is 5.50. The number of hydrogen-bond donors (Lipinski definition) is 1. The van der Waals surface area contributed by atoms with Crippen molar-refractivity contribution >= 4 is 0 Å². The zero-order valence-corrected chi connectivity index (χ0v) is 12.0. The molecule has 1 heteroatoms. The van der Waals surface area contributed by atoms with Crippen LogP contribution in [0.15, 0.2) is 84.9 Å². The molecule has 0 saturated heterocycles. The first-order valence-corrected chi connectivity index (χ1v) is 7.12. The van der Waals surface area contributed by atoms with Crippen molar-refractivity contribution in [2.24, 2.45) is 0 Å². The summed E-state index contributed by atoms with van der Waals surface area (Å²) in [6, 6.07) is 28.3. The van der Waals surface area contributed by atoms with Gasteiger partial charge in [-0.05, 0) is 35.7 Å². The van der Waals surface area contributed by atoms with Gasteiger partial charge in [-0.25, -0.2) is 0 Å². The summed E-state index contributed by atoms with van der Waals surface area (Å²) >= 11 is 0. The summed E-state index contributed by atoms with van der Waals surface area (Å²) in [7, 11) is 0. The molecule has 0 aliphatic heterocycles. The monoisotopic (exact) mass is 274 g/mol. The predicted molar refractivity (Wildman–Crippen MR) is 86.5 cm³/mol. The summed E-state index contributed by atoms with van der Waals surface area (Å²) in [5.74, 6) is 0.297. The van der Waals surface area contributed by atoms with Crippen molar-refractivity contribution in [3.05, 3.63) is 102 Å². The Morgan fingerprint density at radius 2 is 1.10 bits per heavy atom. The van der Waals surface area contributed by atoms with Crippen LogP contribution in [0, 0.1) is 0 Å². The molecule has 0 spiro atoms. The van der Waals surface area contributed by atoms with Gasteiger partial charge in [-0.15, -0.1) is 0 Å². The van der Waals surface area contributed by atoms with E-state index in [9.17, 15) is 5.11 Å². The van der Waals surface area contributed by atoms with Crippen LogP contribution in [0.2, 0.25) is 0 Å². The van der Waals surface area contributed by atoms with E-state index in [0.29, 0.717) is 5.75 Å². The van der Waals surface area contributed by atoms with Gasteiger partial charge in [0.05, 0.1) is 0 Å². The van der Waals surface area contributed by atoms with Gasteiger partial charge in [0.25, 0.3) is 0 Å². The van der Waals surface area contributed by atoms with Gasteiger partial charge in [-0.3, -0.25) is 0 Å². The van der Waals surface area contributed by atoms with Gasteiger partial charge in [-0.2, -0.15) is 0 Å². The standard InChI is InChI=1S/C20H18O/c1-20(16-9-4-2-5-10-16,17-11-6-3-7-12-17)18-13-8-14-19(21)15-18/h2-15,21H,1H3. The first kappa shape index (κ1) is 13.4. The fraction of sp³-hybridized carbons (Fsp3) is 0.100. The maximum Gasteiger partial charge on any atom is 0.115 e. The quantitative estimate of drug-likeness (QED) is 0.683. The van der Waals surface area contributed by atoms with Gasteiger partial charge >= 0.3 is 0 Å². The molecule has 0 atom stereocenters. The lowest BCUT2D eigenvalue weighted by Crippen LogP contribution is -2.25. The highest BCUT2D eigenvalue weighted by Crippen LogP contribution is 2.39. The van der Waals surface area contributed by atoms with Crippen LogP contribution >= 0.6 is 0 Å². The van der Waals surface area contributed by atoms with Crippen LogP contribution in [0.25, 0.3) is 0 Å². The molecule has 0 aromatic heterocycles. The van der Waals surface area contributed by atoms with Crippen LogP contribution < -0.4 is 0 Å². The van der Waals surface area contributed by atoms with Crippen LogP contribution in [-0.4, -0.2) is 5.11 Å². The lowest BCUT2D eigenvalue weighted by molar-refractivity contribution is 0.473. The second kappa shape index (κ2) is 5.45. The normalized spacial score (nSPS) is 11.3. The van der Waals surface area contributed by atoms with E-state index >= 15 is 0 Å². The van der Waals surface area contributed by atoms with E-state index in [1.54, 1.807) is 6.07 Å². The topological polar surface area (TPSA) is 20.2 Å². The maximum atomic E-state index is 9.87. The Hall–Kier alpha value is -2.54.